The van der Waals surface area contributed by atoms with Crippen LogP contribution in [-0.2, 0) is 11.2 Å². The van der Waals surface area contributed by atoms with E-state index in [1.165, 1.54) is 5.56 Å². The molecule has 112 valence electrons. The first-order valence-corrected chi connectivity index (χ1v) is 7.19. The first-order chi connectivity index (χ1) is 9.49. The molecule has 4 heteroatoms. The molecule has 0 aromatic heterocycles. The third kappa shape index (κ3) is 5.21. The number of carbonyl (C=O) groups excluding carboxylic acids is 1. The van der Waals surface area contributed by atoms with E-state index in [9.17, 15) is 4.79 Å². The van der Waals surface area contributed by atoms with Gasteiger partial charge in [-0.15, -0.1) is 0 Å². The molecular formula is C16H26N2O2. The summed E-state index contributed by atoms with van der Waals surface area (Å²) in [5.41, 5.74) is 6.43. The highest BCUT2D eigenvalue weighted by molar-refractivity contribution is 5.85. The van der Waals surface area contributed by atoms with Gasteiger partial charge >= 0.3 is 0 Å². The Kier molecular flexibility index (Phi) is 6.52. The lowest BCUT2D eigenvalue weighted by Gasteiger charge is -2.22. The van der Waals surface area contributed by atoms with Crippen molar-refractivity contribution in [2.75, 3.05) is 13.7 Å². The number of benzene rings is 1. The quantitative estimate of drug-likeness (QED) is 0.717. The Bertz CT molecular complexity index is 430. The predicted molar refractivity (Wildman–Crippen MR) is 81.8 cm³/mol. The normalized spacial score (nSPS) is 13.6. The minimum atomic E-state index is -0.759. The fourth-order valence-corrected chi connectivity index (χ4v) is 2.16. The second-order valence-electron chi connectivity index (χ2n) is 5.38. The van der Waals surface area contributed by atoms with E-state index in [1.807, 2.05) is 25.1 Å². The van der Waals surface area contributed by atoms with Crippen molar-refractivity contribution >= 4 is 5.91 Å². The number of carbonyl (C=O) groups is 1. The molecule has 0 fully saturated rings. The molecular weight excluding hydrogens is 252 g/mol. The maximum absolute atomic E-state index is 11.9. The highest BCUT2D eigenvalue weighted by Gasteiger charge is 2.26. The molecule has 1 aromatic rings. The van der Waals surface area contributed by atoms with E-state index in [0.717, 1.165) is 25.0 Å². The fraction of sp³-hybridized carbons (Fsp3) is 0.562. The summed E-state index contributed by atoms with van der Waals surface area (Å²) in [5, 5.41) is 2.91. The van der Waals surface area contributed by atoms with Gasteiger partial charge in [0.1, 0.15) is 5.75 Å². The van der Waals surface area contributed by atoms with Crippen LogP contribution in [0.15, 0.2) is 24.3 Å². The van der Waals surface area contributed by atoms with Gasteiger partial charge in [-0.05, 0) is 43.9 Å². The van der Waals surface area contributed by atoms with Crippen LogP contribution in [0, 0.1) is 0 Å². The summed E-state index contributed by atoms with van der Waals surface area (Å²) >= 11 is 0. The zero-order chi connectivity index (χ0) is 15.0. The second-order valence-corrected chi connectivity index (χ2v) is 5.38. The van der Waals surface area contributed by atoms with Gasteiger partial charge in [-0.25, -0.2) is 0 Å². The van der Waals surface area contributed by atoms with E-state index in [4.69, 9.17) is 10.5 Å². The standard InChI is InChI=1S/C16H26N2O2/c1-4-10-16(2,17)15(19)18-11-6-8-13-7-5-9-14(12-13)20-3/h5,7,9,12H,4,6,8,10-11,17H2,1-3H3,(H,18,19). The highest BCUT2D eigenvalue weighted by atomic mass is 16.5. The van der Waals surface area contributed by atoms with Gasteiger partial charge in [-0.3, -0.25) is 4.79 Å². The van der Waals surface area contributed by atoms with Gasteiger partial charge in [-0.1, -0.05) is 25.5 Å². The molecule has 0 aliphatic rings. The van der Waals surface area contributed by atoms with Crippen LogP contribution >= 0.6 is 0 Å². The topological polar surface area (TPSA) is 64.4 Å². The Morgan fingerprint density at radius 1 is 1.45 bits per heavy atom. The zero-order valence-electron chi connectivity index (χ0n) is 12.7. The molecule has 0 aliphatic heterocycles. The van der Waals surface area contributed by atoms with Crippen LogP contribution in [0.5, 0.6) is 5.75 Å². The molecule has 0 radical (unpaired) electrons. The Morgan fingerprint density at radius 3 is 2.85 bits per heavy atom. The minimum absolute atomic E-state index is 0.0648. The fourth-order valence-electron chi connectivity index (χ4n) is 2.16. The van der Waals surface area contributed by atoms with E-state index in [-0.39, 0.29) is 5.91 Å². The Morgan fingerprint density at radius 2 is 2.20 bits per heavy atom. The molecule has 1 amide bonds. The molecule has 1 aromatic carbocycles. The molecule has 4 nitrogen and oxygen atoms in total. The molecule has 1 unspecified atom stereocenters. The number of nitrogens with two attached hydrogens (primary N) is 1. The minimum Gasteiger partial charge on any atom is -0.497 e. The average Bonchev–Trinajstić information content (AvgIpc) is 2.43. The van der Waals surface area contributed by atoms with Gasteiger partial charge in [0.25, 0.3) is 0 Å². The third-order valence-corrected chi connectivity index (χ3v) is 3.35. The maximum atomic E-state index is 11.9. The molecule has 0 spiro atoms. The summed E-state index contributed by atoms with van der Waals surface area (Å²) in [6.07, 6.45) is 3.41. The van der Waals surface area contributed by atoms with E-state index in [1.54, 1.807) is 14.0 Å². The van der Waals surface area contributed by atoms with E-state index < -0.39 is 5.54 Å². The van der Waals surface area contributed by atoms with Crippen molar-refractivity contribution < 1.29 is 9.53 Å². The summed E-state index contributed by atoms with van der Waals surface area (Å²) < 4.78 is 5.18. The number of aryl methyl sites for hydroxylation is 1. The van der Waals surface area contributed by atoms with E-state index in [0.29, 0.717) is 13.0 Å². The number of amides is 1. The summed E-state index contributed by atoms with van der Waals surface area (Å²) in [6.45, 7) is 4.46. The van der Waals surface area contributed by atoms with Crippen molar-refractivity contribution in [1.29, 1.82) is 0 Å². The monoisotopic (exact) mass is 278 g/mol. The number of hydrogen-bond acceptors (Lipinski definition) is 3. The maximum Gasteiger partial charge on any atom is 0.239 e. The van der Waals surface area contributed by atoms with Gasteiger partial charge in [0.05, 0.1) is 12.6 Å². The lowest BCUT2D eigenvalue weighted by Crippen LogP contribution is -2.51. The molecule has 20 heavy (non-hydrogen) atoms. The number of ether oxygens (including phenoxy) is 1. The van der Waals surface area contributed by atoms with E-state index in [2.05, 4.69) is 11.4 Å². The first kappa shape index (κ1) is 16.5. The van der Waals surface area contributed by atoms with Crippen LogP contribution in [0.3, 0.4) is 0 Å². The van der Waals surface area contributed by atoms with Crippen LogP contribution in [0.4, 0.5) is 0 Å². The van der Waals surface area contributed by atoms with Crippen molar-refractivity contribution in [3.63, 3.8) is 0 Å². The molecule has 0 saturated heterocycles. The number of methoxy groups -OCH3 is 1. The van der Waals surface area contributed by atoms with Crippen molar-refractivity contribution in [2.45, 2.75) is 45.1 Å². The molecule has 1 atom stereocenters. The Balaban J connectivity index is 2.32. The second kappa shape index (κ2) is 7.90. The number of nitrogens with one attached hydrogen (secondary N) is 1. The molecule has 0 saturated carbocycles. The summed E-state index contributed by atoms with van der Waals surface area (Å²) in [6, 6.07) is 7.99. The lowest BCUT2D eigenvalue weighted by atomic mass is 9.96. The van der Waals surface area contributed by atoms with Gasteiger partial charge in [0, 0.05) is 6.54 Å². The third-order valence-electron chi connectivity index (χ3n) is 3.35. The van der Waals surface area contributed by atoms with Crippen LogP contribution in [0.25, 0.3) is 0 Å². The molecule has 1 rings (SSSR count). The lowest BCUT2D eigenvalue weighted by molar-refractivity contribution is -0.126. The van der Waals surface area contributed by atoms with E-state index >= 15 is 0 Å². The average molecular weight is 278 g/mol. The van der Waals surface area contributed by atoms with Crippen LogP contribution in [-0.4, -0.2) is 25.1 Å². The molecule has 3 N–H and O–H groups in total. The summed E-state index contributed by atoms with van der Waals surface area (Å²) in [5.74, 6) is 0.800. The first-order valence-electron chi connectivity index (χ1n) is 7.19. The van der Waals surface area contributed by atoms with Crippen molar-refractivity contribution in [2.24, 2.45) is 5.73 Å². The predicted octanol–water partition coefficient (Wildman–Crippen LogP) is 2.26. The molecule has 0 bridgehead atoms. The zero-order valence-corrected chi connectivity index (χ0v) is 12.7. The van der Waals surface area contributed by atoms with Crippen molar-refractivity contribution in [3.05, 3.63) is 29.8 Å². The summed E-state index contributed by atoms with van der Waals surface area (Å²) in [7, 11) is 1.66. The SMILES string of the molecule is CCCC(C)(N)C(=O)NCCCc1cccc(OC)c1. The molecule has 0 heterocycles. The van der Waals surface area contributed by atoms with Crippen LogP contribution in [0.1, 0.15) is 38.7 Å². The van der Waals surface area contributed by atoms with Gasteiger partial charge in [0.15, 0.2) is 0 Å². The highest BCUT2D eigenvalue weighted by Crippen LogP contribution is 2.14. The molecule has 0 aliphatic carbocycles. The van der Waals surface area contributed by atoms with Crippen molar-refractivity contribution in [1.82, 2.24) is 5.32 Å². The van der Waals surface area contributed by atoms with Crippen LogP contribution in [0.2, 0.25) is 0 Å². The van der Waals surface area contributed by atoms with Gasteiger partial charge < -0.3 is 15.8 Å². The largest absolute Gasteiger partial charge is 0.497 e. The van der Waals surface area contributed by atoms with Gasteiger partial charge in [-0.2, -0.15) is 0 Å². The Hall–Kier alpha value is -1.55. The number of hydrogen-bond donors (Lipinski definition) is 2. The van der Waals surface area contributed by atoms with Gasteiger partial charge in [0.2, 0.25) is 5.91 Å². The van der Waals surface area contributed by atoms with Crippen LogP contribution < -0.4 is 15.8 Å². The number of rotatable bonds is 8. The Labute approximate surface area is 121 Å². The smallest absolute Gasteiger partial charge is 0.239 e. The van der Waals surface area contributed by atoms with Crippen molar-refractivity contribution in [3.8, 4) is 5.75 Å². The summed E-state index contributed by atoms with van der Waals surface area (Å²) in [4.78, 5) is 11.9.